The molecule has 1 aliphatic heterocycles. The number of ketones is 1. The zero-order chi connectivity index (χ0) is 18.9. The highest BCUT2D eigenvalue weighted by atomic mass is 16.5. The van der Waals surface area contributed by atoms with Gasteiger partial charge in [0.25, 0.3) is 0 Å². The lowest BCUT2D eigenvalue weighted by molar-refractivity contribution is -0.121. The Hall–Kier alpha value is -2.86. The third kappa shape index (κ3) is 5.82. The lowest BCUT2D eigenvalue weighted by Gasteiger charge is -2.28. The molecule has 2 aromatic carbocycles. The van der Waals surface area contributed by atoms with Gasteiger partial charge >= 0.3 is 0 Å². The van der Waals surface area contributed by atoms with E-state index < -0.39 is 0 Å². The van der Waals surface area contributed by atoms with Crippen molar-refractivity contribution in [3.63, 3.8) is 0 Å². The lowest BCUT2D eigenvalue weighted by atomic mass is 10.1. The van der Waals surface area contributed by atoms with Crippen molar-refractivity contribution in [2.75, 3.05) is 44.4 Å². The summed E-state index contributed by atoms with van der Waals surface area (Å²) >= 11 is 0. The van der Waals surface area contributed by atoms with E-state index in [2.05, 4.69) is 10.2 Å². The molecule has 0 saturated carbocycles. The van der Waals surface area contributed by atoms with Crippen LogP contribution in [0.3, 0.4) is 0 Å². The van der Waals surface area contributed by atoms with E-state index >= 15 is 0 Å². The molecule has 1 heterocycles. The fourth-order valence-corrected chi connectivity index (χ4v) is 2.83. The van der Waals surface area contributed by atoms with Gasteiger partial charge in [0.15, 0.2) is 5.78 Å². The van der Waals surface area contributed by atoms with E-state index in [1.165, 1.54) is 0 Å². The first-order chi connectivity index (χ1) is 13.2. The van der Waals surface area contributed by atoms with Gasteiger partial charge in [0.2, 0.25) is 5.91 Å². The van der Waals surface area contributed by atoms with Crippen LogP contribution in [-0.2, 0) is 9.53 Å². The summed E-state index contributed by atoms with van der Waals surface area (Å²) in [4.78, 5) is 26.3. The molecule has 0 atom stereocenters. The Morgan fingerprint density at radius 2 is 1.70 bits per heavy atom. The molecule has 1 saturated heterocycles. The van der Waals surface area contributed by atoms with Crippen LogP contribution in [-0.4, -0.2) is 51.1 Å². The number of carbonyl (C=O) groups excluding carboxylic acids is 2. The number of anilines is 1. The van der Waals surface area contributed by atoms with Gasteiger partial charge < -0.3 is 19.7 Å². The van der Waals surface area contributed by atoms with Crippen LogP contribution in [0.15, 0.2) is 54.6 Å². The van der Waals surface area contributed by atoms with Gasteiger partial charge in [-0.05, 0) is 36.4 Å². The van der Waals surface area contributed by atoms with E-state index in [1.807, 2.05) is 42.5 Å². The summed E-state index contributed by atoms with van der Waals surface area (Å²) in [6.45, 7) is 3.42. The van der Waals surface area contributed by atoms with Gasteiger partial charge in [0.1, 0.15) is 5.75 Å². The van der Waals surface area contributed by atoms with Crippen molar-refractivity contribution in [1.29, 1.82) is 0 Å². The second kappa shape index (κ2) is 9.73. The van der Waals surface area contributed by atoms with E-state index in [-0.39, 0.29) is 31.3 Å². The minimum Gasteiger partial charge on any atom is -0.493 e. The van der Waals surface area contributed by atoms with Crippen molar-refractivity contribution in [3.8, 4) is 5.75 Å². The summed E-state index contributed by atoms with van der Waals surface area (Å²) in [6, 6.07) is 16.8. The maximum atomic E-state index is 12.3. The van der Waals surface area contributed by atoms with E-state index in [0.717, 1.165) is 37.7 Å². The largest absolute Gasteiger partial charge is 0.493 e. The van der Waals surface area contributed by atoms with Crippen LogP contribution in [0.1, 0.15) is 16.8 Å². The van der Waals surface area contributed by atoms with Gasteiger partial charge in [-0.25, -0.2) is 0 Å². The summed E-state index contributed by atoms with van der Waals surface area (Å²) in [6.07, 6.45) is 0.206. The molecule has 0 radical (unpaired) electrons. The standard InChI is InChI=1S/C21H24N2O4/c24-20(16-22-21(25)10-13-27-19-4-2-1-3-5-19)17-6-8-18(9-7-17)23-11-14-26-15-12-23/h1-9H,10-16H2,(H,22,25). The SMILES string of the molecule is O=C(CCOc1ccccc1)NCC(=O)c1ccc(N2CCOCC2)cc1. The van der Waals surface area contributed by atoms with Crippen LogP contribution in [0.2, 0.25) is 0 Å². The first kappa shape index (κ1) is 18.9. The Morgan fingerprint density at radius 1 is 1.00 bits per heavy atom. The average Bonchev–Trinajstić information content (AvgIpc) is 2.73. The number of rotatable bonds is 8. The molecule has 6 heteroatoms. The maximum absolute atomic E-state index is 12.3. The molecular weight excluding hydrogens is 344 g/mol. The fraction of sp³-hybridized carbons (Fsp3) is 0.333. The van der Waals surface area contributed by atoms with E-state index in [4.69, 9.17) is 9.47 Å². The van der Waals surface area contributed by atoms with Crippen LogP contribution in [0, 0.1) is 0 Å². The maximum Gasteiger partial charge on any atom is 0.223 e. The molecule has 1 amide bonds. The van der Waals surface area contributed by atoms with Crippen LogP contribution >= 0.6 is 0 Å². The Bertz CT molecular complexity index is 741. The van der Waals surface area contributed by atoms with Crippen molar-refractivity contribution < 1.29 is 19.1 Å². The van der Waals surface area contributed by atoms with Crippen molar-refractivity contribution in [3.05, 3.63) is 60.2 Å². The predicted molar refractivity (Wildman–Crippen MR) is 103 cm³/mol. The van der Waals surface area contributed by atoms with Crippen LogP contribution in [0.5, 0.6) is 5.75 Å². The number of morpholine rings is 1. The zero-order valence-electron chi connectivity index (χ0n) is 15.2. The van der Waals surface area contributed by atoms with Gasteiger partial charge in [-0.3, -0.25) is 9.59 Å². The molecule has 142 valence electrons. The Balaban J connectivity index is 1.39. The molecule has 0 aromatic heterocycles. The van der Waals surface area contributed by atoms with E-state index in [1.54, 1.807) is 12.1 Å². The minimum atomic E-state index is -0.204. The quantitative estimate of drug-likeness (QED) is 0.724. The second-order valence-electron chi connectivity index (χ2n) is 6.26. The molecule has 3 rings (SSSR count). The van der Waals surface area contributed by atoms with E-state index in [0.29, 0.717) is 5.56 Å². The monoisotopic (exact) mass is 368 g/mol. The van der Waals surface area contributed by atoms with Gasteiger partial charge in [0, 0.05) is 24.3 Å². The average molecular weight is 368 g/mol. The highest BCUT2D eigenvalue weighted by molar-refractivity contribution is 5.99. The number of carbonyl (C=O) groups is 2. The van der Waals surface area contributed by atoms with Crippen molar-refractivity contribution in [2.45, 2.75) is 6.42 Å². The summed E-state index contributed by atoms with van der Waals surface area (Å²) in [7, 11) is 0. The molecule has 1 fully saturated rings. The van der Waals surface area contributed by atoms with Crippen molar-refractivity contribution >= 4 is 17.4 Å². The van der Waals surface area contributed by atoms with Gasteiger partial charge in [-0.2, -0.15) is 0 Å². The van der Waals surface area contributed by atoms with Crippen LogP contribution in [0.25, 0.3) is 0 Å². The Labute approximate surface area is 159 Å². The topological polar surface area (TPSA) is 67.9 Å². The lowest BCUT2D eigenvalue weighted by Crippen LogP contribution is -2.36. The van der Waals surface area contributed by atoms with Gasteiger partial charge in [0.05, 0.1) is 32.8 Å². The number of Topliss-reactive ketones (excluding diaryl/α,β-unsaturated/α-hetero) is 1. The minimum absolute atomic E-state index is 0.0128. The third-order valence-electron chi connectivity index (χ3n) is 4.35. The zero-order valence-corrected chi connectivity index (χ0v) is 15.2. The first-order valence-electron chi connectivity index (χ1n) is 9.13. The fourth-order valence-electron chi connectivity index (χ4n) is 2.83. The first-order valence-corrected chi connectivity index (χ1v) is 9.13. The Morgan fingerprint density at radius 3 is 2.41 bits per heavy atom. The third-order valence-corrected chi connectivity index (χ3v) is 4.35. The second-order valence-corrected chi connectivity index (χ2v) is 6.26. The highest BCUT2D eigenvalue weighted by Gasteiger charge is 2.13. The number of nitrogens with one attached hydrogen (secondary N) is 1. The highest BCUT2D eigenvalue weighted by Crippen LogP contribution is 2.16. The number of ether oxygens (including phenoxy) is 2. The molecule has 0 aliphatic carbocycles. The van der Waals surface area contributed by atoms with Gasteiger partial charge in [-0.15, -0.1) is 0 Å². The number of amides is 1. The molecule has 1 aliphatic rings. The van der Waals surface area contributed by atoms with Crippen LogP contribution in [0.4, 0.5) is 5.69 Å². The molecular formula is C21H24N2O4. The summed E-state index contributed by atoms with van der Waals surface area (Å²) in [5, 5.41) is 2.65. The molecule has 27 heavy (non-hydrogen) atoms. The predicted octanol–water partition coefficient (Wildman–Crippen LogP) is 2.29. The van der Waals surface area contributed by atoms with Crippen molar-refractivity contribution in [2.24, 2.45) is 0 Å². The number of para-hydroxylation sites is 1. The van der Waals surface area contributed by atoms with Gasteiger partial charge in [-0.1, -0.05) is 18.2 Å². The normalized spacial score (nSPS) is 13.9. The van der Waals surface area contributed by atoms with E-state index in [9.17, 15) is 9.59 Å². The smallest absolute Gasteiger partial charge is 0.223 e. The number of hydrogen-bond acceptors (Lipinski definition) is 5. The number of benzene rings is 2. The van der Waals surface area contributed by atoms with Crippen molar-refractivity contribution in [1.82, 2.24) is 5.32 Å². The molecule has 6 nitrogen and oxygen atoms in total. The van der Waals surface area contributed by atoms with Crippen LogP contribution < -0.4 is 15.0 Å². The molecule has 0 unspecified atom stereocenters. The molecule has 0 bridgehead atoms. The summed E-state index contributed by atoms with van der Waals surface area (Å²) < 4.78 is 10.8. The molecule has 2 aromatic rings. The summed E-state index contributed by atoms with van der Waals surface area (Å²) in [5.74, 6) is 0.409. The number of nitrogens with zero attached hydrogens (tertiary/aromatic N) is 1. The summed E-state index contributed by atoms with van der Waals surface area (Å²) in [5.41, 5.74) is 1.67. The molecule has 0 spiro atoms. The molecule has 1 N–H and O–H groups in total. The Kier molecular flexibility index (Phi) is 6.82. The number of hydrogen-bond donors (Lipinski definition) is 1.